The van der Waals surface area contributed by atoms with E-state index in [1.54, 1.807) is 7.11 Å². The van der Waals surface area contributed by atoms with E-state index in [-0.39, 0.29) is 0 Å². The van der Waals surface area contributed by atoms with Crippen LogP contribution in [0, 0.1) is 0 Å². The highest BCUT2D eigenvalue weighted by molar-refractivity contribution is 5.42. The van der Waals surface area contributed by atoms with Crippen molar-refractivity contribution in [1.29, 1.82) is 0 Å². The lowest BCUT2D eigenvalue weighted by molar-refractivity contribution is 0.384. The Bertz CT molecular complexity index is 386. The van der Waals surface area contributed by atoms with Crippen molar-refractivity contribution in [3.8, 4) is 5.88 Å². The van der Waals surface area contributed by atoms with Gasteiger partial charge in [-0.05, 0) is 6.42 Å². The molecule has 0 aromatic carbocycles. The van der Waals surface area contributed by atoms with Gasteiger partial charge in [0.15, 0.2) is 0 Å². The van der Waals surface area contributed by atoms with E-state index in [1.807, 2.05) is 0 Å². The molecule has 0 bridgehead atoms. The first kappa shape index (κ1) is 9.84. The van der Waals surface area contributed by atoms with Gasteiger partial charge in [-0.3, -0.25) is 0 Å². The lowest BCUT2D eigenvalue weighted by atomic mass is 10.1. The standard InChI is InChI=1S/C11H16N4O/c1-16-10-8-7-12-4-3-9(8)13-11(14-10)15-5-2-6-15/h12H,2-7H2,1H3. The van der Waals surface area contributed by atoms with Gasteiger partial charge >= 0.3 is 0 Å². The first-order chi connectivity index (χ1) is 7.88. The molecular formula is C11H16N4O. The van der Waals surface area contributed by atoms with Crippen molar-refractivity contribution < 1.29 is 4.74 Å². The molecule has 3 rings (SSSR count). The number of ether oxygens (including phenoxy) is 1. The summed E-state index contributed by atoms with van der Waals surface area (Å²) in [5.41, 5.74) is 2.27. The molecule has 16 heavy (non-hydrogen) atoms. The summed E-state index contributed by atoms with van der Waals surface area (Å²) in [6.45, 7) is 3.95. The maximum atomic E-state index is 5.35. The van der Waals surface area contributed by atoms with Crippen molar-refractivity contribution in [3.63, 3.8) is 0 Å². The lowest BCUT2D eigenvalue weighted by Gasteiger charge is -2.32. The number of nitrogens with one attached hydrogen (secondary N) is 1. The van der Waals surface area contributed by atoms with Crippen LogP contribution in [0.3, 0.4) is 0 Å². The molecule has 5 heteroatoms. The highest BCUT2D eigenvalue weighted by atomic mass is 16.5. The number of rotatable bonds is 2. The largest absolute Gasteiger partial charge is 0.481 e. The van der Waals surface area contributed by atoms with E-state index in [0.717, 1.165) is 55.7 Å². The second-order valence-electron chi connectivity index (χ2n) is 4.23. The van der Waals surface area contributed by atoms with Gasteiger partial charge in [-0.2, -0.15) is 4.98 Å². The topological polar surface area (TPSA) is 50.3 Å². The molecule has 0 saturated carbocycles. The SMILES string of the molecule is COc1nc(N2CCC2)nc2c1CNCC2. The molecule has 0 amide bonds. The van der Waals surface area contributed by atoms with Gasteiger partial charge in [-0.15, -0.1) is 0 Å². The van der Waals surface area contributed by atoms with E-state index in [1.165, 1.54) is 6.42 Å². The Kier molecular flexibility index (Phi) is 2.40. The van der Waals surface area contributed by atoms with Gasteiger partial charge in [-0.1, -0.05) is 0 Å². The van der Waals surface area contributed by atoms with E-state index < -0.39 is 0 Å². The molecule has 0 atom stereocenters. The quantitative estimate of drug-likeness (QED) is 0.779. The molecule has 2 aliphatic heterocycles. The van der Waals surface area contributed by atoms with Crippen molar-refractivity contribution in [2.45, 2.75) is 19.4 Å². The fourth-order valence-electron chi connectivity index (χ4n) is 2.13. The monoisotopic (exact) mass is 220 g/mol. The Labute approximate surface area is 94.8 Å². The molecule has 0 aliphatic carbocycles. The maximum absolute atomic E-state index is 5.35. The van der Waals surface area contributed by atoms with Crippen LogP contribution >= 0.6 is 0 Å². The molecule has 2 aliphatic rings. The number of methoxy groups -OCH3 is 1. The molecule has 0 radical (unpaired) electrons. The van der Waals surface area contributed by atoms with E-state index in [4.69, 9.17) is 4.74 Å². The molecule has 0 spiro atoms. The fraction of sp³-hybridized carbons (Fsp3) is 0.636. The van der Waals surface area contributed by atoms with Crippen molar-refractivity contribution in [2.75, 3.05) is 31.6 Å². The number of aromatic nitrogens is 2. The van der Waals surface area contributed by atoms with Crippen LogP contribution in [-0.2, 0) is 13.0 Å². The summed E-state index contributed by atoms with van der Waals surface area (Å²) >= 11 is 0. The van der Waals surface area contributed by atoms with Crippen LogP contribution < -0.4 is 15.0 Å². The normalized spacial score (nSPS) is 18.9. The van der Waals surface area contributed by atoms with Crippen molar-refractivity contribution in [3.05, 3.63) is 11.3 Å². The number of anilines is 1. The predicted molar refractivity (Wildman–Crippen MR) is 60.8 cm³/mol. The Morgan fingerprint density at radius 2 is 2.19 bits per heavy atom. The van der Waals surface area contributed by atoms with Crippen LogP contribution in [0.15, 0.2) is 0 Å². The Morgan fingerprint density at radius 3 is 2.88 bits per heavy atom. The van der Waals surface area contributed by atoms with Gasteiger partial charge < -0.3 is 15.0 Å². The second kappa shape index (κ2) is 3.90. The van der Waals surface area contributed by atoms with Crippen molar-refractivity contribution >= 4 is 5.95 Å². The lowest BCUT2D eigenvalue weighted by Crippen LogP contribution is -2.39. The Morgan fingerprint density at radius 1 is 1.31 bits per heavy atom. The summed E-state index contributed by atoms with van der Waals surface area (Å²) in [6.07, 6.45) is 2.21. The molecular weight excluding hydrogens is 204 g/mol. The van der Waals surface area contributed by atoms with E-state index in [9.17, 15) is 0 Å². The molecule has 3 heterocycles. The molecule has 1 aromatic rings. The maximum Gasteiger partial charge on any atom is 0.228 e. The van der Waals surface area contributed by atoms with Crippen LogP contribution in [0.1, 0.15) is 17.7 Å². The average molecular weight is 220 g/mol. The first-order valence-electron chi connectivity index (χ1n) is 5.78. The molecule has 1 saturated heterocycles. The van der Waals surface area contributed by atoms with Gasteiger partial charge in [0.25, 0.3) is 0 Å². The highest BCUT2D eigenvalue weighted by Crippen LogP contribution is 2.26. The van der Waals surface area contributed by atoms with Crippen LogP contribution in [0.25, 0.3) is 0 Å². The minimum absolute atomic E-state index is 0.735. The summed E-state index contributed by atoms with van der Waals surface area (Å²) in [7, 11) is 1.68. The van der Waals surface area contributed by atoms with Crippen LogP contribution in [-0.4, -0.2) is 36.7 Å². The van der Waals surface area contributed by atoms with Crippen molar-refractivity contribution in [2.24, 2.45) is 0 Å². The van der Waals surface area contributed by atoms with Crippen LogP contribution in [0.4, 0.5) is 5.95 Å². The van der Waals surface area contributed by atoms with Crippen LogP contribution in [0.5, 0.6) is 5.88 Å². The second-order valence-corrected chi connectivity index (χ2v) is 4.23. The summed E-state index contributed by atoms with van der Waals surface area (Å²) in [6, 6.07) is 0. The van der Waals surface area contributed by atoms with E-state index in [0.29, 0.717) is 0 Å². The summed E-state index contributed by atoms with van der Waals surface area (Å²) in [5, 5.41) is 3.32. The number of fused-ring (bicyclic) bond motifs is 1. The minimum Gasteiger partial charge on any atom is -0.481 e. The Balaban J connectivity index is 2.01. The van der Waals surface area contributed by atoms with Gasteiger partial charge in [0, 0.05) is 38.2 Å². The average Bonchev–Trinajstić information content (AvgIpc) is 2.25. The number of hydrogen-bond acceptors (Lipinski definition) is 5. The summed E-state index contributed by atoms with van der Waals surface area (Å²) in [4.78, 5) is 11.3. The smallest absolute Gasteiger partial charge is 0.228 e. The van der Waals surface area contributed by atoms with Gasteiger partial charge in [0.2, 0.25) is 11.8 Å². The number of hydrogen-bond donors (Lipinski definition) is 1. The van der Waals surface area contributed by atoms with Gasteiger partial charge in [0.1, 0.15) is 0 Å². The van der Waals surface area contributed by atoms with Gasteiger partial charge in [-0.25, -0.2) is 4.98 Å². The first-order valence-corrected chi connectivity index (χ1v) is 5.78. The third-order valence-electron chi connectivity index (χ3n) is 3.22. The zero-order chi connectivity index (χ0) is 11.0. The molecule has 86 valence electrons. The predicted octanol–water partition coefficient (Wildman–Crippen LogP) is 0.341. The minimum atomic E-state index is 0.735. The van der Waals surface area contributed by atoms with E-state index >= 15 is 0 Å². The third-order valence-corrected chi connectivity index (χ3v) is 3.22. The molecule has 1 aromatic heterocycles. The number of nitrogens with zero attached hydrogens (tertiary/aromatic N) is 3. The molecule has 1 fully saturated rings. The summed E-state index contributed by atoms with van der Waals surface area (Å²) < 4.78 is 5.35. The zero-order valence-corrected chi connectivity index (χ0v) is 9.49. The highest BCUT2D eigenvalue weighted by Gasteiger charge is 2.23. The Hall–Kier alpha value is -1.36. The molecule has 5 nitrogen and oxygen atoms in total. The molecule has 0 unspecified atom stereocenters. The van der Waals surface area contributed by atoms with E-state index in [2.05, 4.69) is 20.2 Å². The summed E-state index contributed by atoms with van der Waals surface area (Å²) in [5.74, 6) is 1.57. The zero-order valence-electron chi connectivity index (χ0n) is 9.49. The fourth-order valence-corrected chi connectivity index (χ4v) is 2.13. The van der Waals surface area contributed by atoms with Crippen LogP contribution in [0.2, 0.25) is 0 Å². The third kappa shape index (κ3) is 1.51. The van der Waals surface area contributed by atoms with Gasteiger partial charge in [0.05, 0.1) is 12.8 Å². The van der Waals surface area contributed by atoms with Crippen molar-refractivity contribution in [1.82, 2.24) is 15.3 Å². The molecule has 1 N–H and O–H groups in total.